The largest absolute Gasteiger partial charge is 0.497 e. The SMILES string of the molecule is CCC[C@H](C)NC(=O)c1ccc(N(C)S(=O)(=O)c2ccc(OC)cc2)cc1. The number of carbonyl (C=O) groups is 1. The van der Waals surface area contributed by atoms with Gasteiger partial charge in [0.05, 0.1) is 17.7 Å². The molecule has 0 fully saturated rings. The van der Waals surface area contributed by atoms with Gasteiger partial charge >= 0.3 is 0 Å². The van der Waals surface area contributed by atoms with Crippen molar-refractivity contribution in [1.82, 2.24) is 5.32 Å². The molecule has 2 aromatic rings. The average Bonchev–Trinajstić information content (AvgIpc) is 2.67. The lowest BCUT2D eigenvalue weighted by atomic mass is 10.1. The van der Waals surface area contributed by atoms with Crippen molar-refractivity contribution in [2.75, 3.05) is 18.5 Å². The summed E-state index contributed by atoms with van der Waals surface area (Å²) in [6.07, 6.45) is 1.90. The molecular formula is C20H26N2O4S. The van der Waals surface area contributed by atoms with Crippen LogP contribution in [0, 0.1) is 0 Å². The van der Waals surface area contributed by atoms with E-state index in [0.717, 1.165) is 12.8 Å². The monoisotopic (exact) mass is 390 g/mol. The van der Waals surface area contributed by atoms with Crippen molar-refractivity contribution in [3.63, 3.8) is 0 Å². The highest BCUT2D eigenvalue weighted by Gasteiger charge is 2.21. The maximum Gasteiger partial charge on any atom is 0.264 e. The molecule has 0 spiro atoms. The van der Waals surface area contributed by atoms with Crippen molar-refractivity contribution in [3.05, 3.63) is 54.1 Å². The number of anilines is 1. The van der Waals surface area contributed by atoms with Gasteiger partial charge in [0.2, 0.25) is 0 Å². The van der Waals surface area contributed by atoms with Gasteiger partial charge < -0.3 is 10.1 Å². The van der Waals surface area contributed by atoms with E-state index < -0.39 is 10.0 Å². The Bertz CT molecular complexity index is 862. The van der Waals surface area contributed by atoms with Crippen LogP contribution in [0.5, 0.6) is 5.75 Å². The molecule has 7 heteroatoms. The molecule has 146 valence electrons. The van der Waals surface area contributed by atoms with E-state index in [2.05, 4.69) is 12.2 Å². The minimum Gasteiger partial charge on any atom is -0.497 e. The van der Waals surface area contributed by atoms with Crippen LogP contribution in [0.25, 0.3) is 0 Å². The van der Waals surface area contributed by atoms with Gasteiger partial charge in [-0.25, -0.2) is 8.42 Å². The summed E-state index contributed by atoms with van der Waals surface area (Å²) in [6, 6.07) is 12.8. The molecule has 0 aliphatic carbocycles. The Hall–Kier alpha value is -2.54. The van der Waals surface area contributed by atoms with Crippen molar-refractivity contribution >= 4 is 21.6 Å². The van der Waals surface area contributed by atoms with Crippen LogP contribution in [-0.2, 0) is 10.0 Å². The second-order valence-corrected chi connectivity index (χ2v) is 8.33. The zero-order valence-corrected chi connectivity index (χ0v) is 16.9. The summed E-state index contributed by atoms with van der Waals surface area (Å²) >= 11 is 0. The Kier molecular flexibility index (Phi) is 6.85. The predicted octanol–water partition coefficient (Wildman–Crippen LogP) is 3.44. The van der Waals surface area contributed by atoms with Crippen LogP contribution in [0.4, 0.5) is 5.69 Å². The fraction of sp³-hybridized carbons (Fsp3) is 0.350. The molecule has 27 heavy (non-hydrogen) atoms. The summed E-state index contributed by atoms with van der Waals surface area (Å²) in [4.78, 5) is 12.4. The molecule has 1 N–H and O–H groups in total. The summed E-state index contributed by atoms with van der Waals surface area (Å²) in [5.41, 5.74) is 0.973. The summed E-state index contributed by atoms with van der Waals surface area (Å²) in [5, 5.41) is 2.93. The number of hydrogen-bond acceptors (Lipinski definition) is 4. The van der Waals surface area contributed by atoms with Crippen molar-refractivity contribution in [3.8, 4) is 5.75 Å². The first kappa shape index (κ1) is 20.8. The molecule has 0 unspecified atom stereocenters. The molecule has 0 saturated heterocycles. The Morgan fingerprint density at radius 3 is 2.22 bits per heavy atom. The fourth-order valence-electron chi connectivity index (χ4n) is 2.68. The molecule has 1 amide bonds. The molecule has 0 saturated carbocycles. The minimum absolute atomic E-state index is 0.0975. The molecule has 0 aromatic heterocycles. The summed E-state index contributed by atoms with van der Waals surface area (Å²) in [7, 11) is -0.691. The molecule has 0 heterocycles. The molecule has 0 aliphatic rings. The lowest BCUT2D eigenvalue weighted by Gasteiger charge is -2.20. The number of benzene rings is 2. The van der Waals surface area contributed by atoms with E-state index >= 15 is 0 Å². The number of methoxy groups -OCH3 is 1. The molecule has 1 atom stereocenters. The van der Waals surface area contributed by atoms with E-state index in [4.69, 9.17) is 4.74 Å². The van der Waals surface area contributed by atoms with Gasteiger partial charge in [-0.05, 0) is 61.9 Å². The third kappa shape index (κ3) is 5.01. The normalized spacial score (nSPS) is 12.3. The Morgan fingerprint density at radius 2 is 1.70 bits per heavy atom. The van der Waals surface area contributed by atoms with Gasteiger partial charge in [0.25, 0.3) is 15.9 Å². The predicted molar refractivity (Wildman–Crippen MR) is 107 cm³/mol. The van der Waals surface area contributed by atoms with E-state index in [1.807, 2.05) is 6.92 Å². The topological polar surface area (TPSA) is 75.7 Å². The summed E-state index contributed by atoms with van der Waals surface area (Å²) in [5.74, 6) is 0.424. The molecule has 2 aromatic carbocycles. The number of rotatable bonds is 8. The van der Waals surface area contributed by atoms with Gasteiger partial charge in [0.15, 0.2) is 0 Å². The molecule has 6 nitrogen and oxygen atoms in total. The second-order valence-electron chi connectivity index (χ2n) is 6.36. The molecule has 2 rings (SSSR count). The molecule has 0 radical (unpaired) electrons. The van der Waals surface area contributed by atoms with E-state index in [0.29, 0.717) is 17.0 Å². The van der Waals surface area contributed by atoms with Crippen LogP contribution in [0.3, 0.4) is 0 Å². The second kappa shape index (κ2) is 8.90. The van der Waals surface area contributed by atoms with Gasteiger partial charge in [-0.15, -0.1) is 0 Å². The summed E-state index contributed by atoms with van der Waals surface area (Å²) < 4.78 is 31.8. The van der Waals surface area contributed by atoms with E-state index in [9.17, 15) is 13.2 Å². The third-order valence-corrected chi connectivity index (χ3v) is 6.11. The number of nitrogens with zero attached hydrogens (tertiary/aromatic N) is 1. The molecular weight excluding hydrogens is 364 g/mol. The van der Waals surface area contributed by atoms with Crippen molar-refractivity contribution in [1.29, 1.82) is 0 Å². The average molecular weight is 391 g/mol. The Morgan fingerprint density at radius 1 is 1.11 bits per heavy atom. The maximum absolute atomic E-state index is 12.8. The zero-order chi connectivity index (χ0) is 20.0. The van der Waals surface area contributed by atoms with Crippen LogP contribution >= 0.6 is 0 Å². The first-order chi connectivity index (χ1) is 12.8. The van der Waals surface area contributed by atoms with Crippen LogP contribution in [0.1, 0.15) is 37.0 Å². The van der Waals surface area contributed by atoms with Gasteiger partial charge in [0, 0.05) is 18.7 Å². The summed E-state index contributed by atoms with van der Waals surface area (Å²) in [6.45, 7) is 4.03. The Labute approximate surface area is 161 Å². The highest BCUT2D eigenvalue weighted by atomic mass is 32.2. The highest BCUT2D eigenvalue weighted by molar-refractivity contribution is 7.92. The standard InChI is InChI=1S/C20H26N2O4S/c1-5-6-15(2)21-20(23)16-7-9-17(10-8-16)22(3)27(24,25)19-13-11-18(26-4)12-14-19/h7-15H,5-6H2,1-4H3,(H,21,23)/t15-/m0/s1. The first-order valence-corrected chi connectivity index (χ1v) is 10.3. The van der Waals surface area contributed by atoms with Crippen LogP contribution < -0.4 is 14.4 Å². The number of sulfonamides is 1. The number of nitrogens with one attached hydrogen (secondary N) is 1. The van der Waals surface area contributed by atoms with Gasteiger partial charge in [-0.3, -0.25) is 9.10 Å². The van der Waals surface area contributed by atoms with Crippen molar-refractivity contribution in [2.45, 2.75) is 37.6 Å². The lowest BCUT2D eigenvalue weighted by molar-refractivity contribution is 0.0938. The van der Waals surface area contributed by atoms with E-state index in [1.165, 1.54) is 30.6 Å². The number of amides is 1. The third-order valence-electron chi connectivity index (χ3n) is 4.31. The quantitative estimate of drug-likeness (QED) is 0.749. The van der Waals surface area contributed by atoms with Crippen LogP contribution in [-0.4, -0.2) is 34.5 Å². The van der Waals surface area contributed by atoms with Gasteiger partial charge in [0.1, 0.15) is 5.75 Å². The number of ether oxygens (including phenoxy) is 1. The lowest BCUT2D eigenvalue weighted by Crippen LogP contribution is -2.32. The minimum atomic E-state index is -3.70. The van der Waals surface area contributed by atoms with Crippen molar-refractivity contribution < 1.29 is 17.9 Å². The van der Waals surface area contributed by atoms with Crippen LogP contribution in [0.15, 0.2) is 53.4 Å². The maximum atomic E-state index is 12.8. The molecule has 0 aliphatic heterocycles. The van der Waals surface area contributed by atoms with Crippen molar-refractivity contribution in [2.24, 2.45) is 0 Å². The first-order valence-electron chi connectivity index (χ1n) is 8.83. The van der Waals surface area contributed by atoms with Gasteiger partial charge in [-0.2, -0.15) is 0 Å². The zero-order valence-electron chi connectivity index (χ0n) is 16.1. The highest BCUT2D eigenvalue weighted by Crippen LogP contribution is 2.24. The number of carbonyl (C=O) groups excluding carboxylic acids is 1. The van der Waals surface area contributed by atoms with E-state index in [1.54, 1.807) is 36.4 Å². The number of hydrogen-bond donors (Lipinski definition) is 1. The smallest absolute Gasteiger partial charge is 0.264 e. The van der Waals surface area contributed by atoms with E-state index in [-0.39, 0.29) is 16.8 Å². The van der Waals surface area contributed by atoms with Gasteiger partial charge in [-0.1, -0.05) is 13.3 Å². The molecule has 0 bridgehead atoms. The fourth-order valence-corrected chi connectivity index (χ4v) is 3.88. The van der Waals surface area contributed by atoms with Crippen LogP contribution in [0.2, 0.25) is 0 Å². The Balaban J connectivity index is 2.16.